The van der Waals surface area contributed by atoms with Crippen LogP contribution in [0.2, 0.25) is 5.02 Å². The van der Waals surface area contributed by atoms with E-state index in [0.717, 1.165) is 11.1 Å². The van der Waals surface area contributed by atoms with Crippen LogP contribution in [0.5, 0.6) is 0 Å². The molecule has 3 heteroatoms. The van der Waals surface area contributed by atoms with E-state index in [-0.39, 0.29) is 6.42 Å². The number of halogens is 1. The molecule has 0 aromatic heterocycles. The van der Waals surface area contributed by atoms with Crippen LogP contribution in [0.15, 0.2) is 18.2 Å². The number of carboxylic acid groups (broad SMARTS) is 1. The van der Waals surface area contributed by atoms with Crippen molar-refractivity contribution in [1.82, 2.24) is 0 Å². The molecule has 0 amide bonds. The number of aryl methyl sites for hydroxylation is 2. The summed E-state index contributed by atoms with van der Waals surface area (Å²) in [5, 5.41) is 9.14. The van der Waals surface area contributed by atoms with Gasteiger partial charge in [0.05, 0.1) is 0 Å². The fraction of sp³-hybridized carbons (Fsp3) is 0.300. The smallest absolute Gasteiger partial charge is 0.303 e. The molecule has 1 aromatic rings. The molecule has 70 valence electrons. The van der Waals surface area contributed by atoms with Crippen LogP contribution in [0.4, 0.5) is 0 Å². The molecule has 0 aliphatic rings. The molecular weight excluding hydrogens is 188 g/mol. The van der Waals surface area contributed by atoms with Crippen molar-refractivity contribution in [2.75, 3.05) is 0 Å². The summed E-state index contributed by atoms with van der Waals surface area (Å²) in [6.45, 7) is 1.96. The number of hydrogen-bond acceptors (Lipinski definition) is 1. The fourth-order valence-corrected chi connectivity index (χ4v) is 1.35. The van der Waals surface area contributed by atoms with E-state index >= 15 is 0 Å². The van der Waals surface area contributed by atoms with E-state index in [2.05, 4.69) is 0 Å². The topological polar surface area (TPSA) is 37.3 Å². The molecule has 0 aliphatic carbocycles. The van der Waals surface area contributed by atoms with Gasteiger partial charge in [-0.3, -0.25) is 4.79 Å². The first-order valence-corrected chi connectivity index (χ1v) is 4.44. The molecule has 2 nitrogen and oxygen atoms in total. The molecule has 1 aromatic carbocycles. The van der Waals surface area contributed by atoms with E-state index in [4.69, 9.17) is 16.7 Å². The first-order chi connectivity index (χ1) is 6.09. The summed E-state index contributed by atoms with van der Waals surface area (Å²) in [5.74, 6) is -0.794. The Kier molecular flexibility index (Phi) is 3.32. The summed E-state index contributed by atoms with van der Waals surface area (Å²) in [5.41, 5.74) is 2.01. The number of carbonyl (C=O) groups is 1. The lowest BCUT2D eigenvalue weighted by atomic mass is 10.1. The summed E-state index contributed by atoms with van der Waals surface area (Å²) in [7, 11) is 0. The maximum Gasteiger partial charge on any atom is 0.303 e. The van der Waals surface area contributed by atoms with Gasteiger partial charge >= 0.3 is 5.97 Å². The van der Waals surface area contributed by atoms with Crippen LogP contribution in [0.25, 0.3) is 0 Å². The third-order valence-corrected chi connectivity index (χ3v) is 2.18. The quantitative estimate of drug-likeness (QED) is 0.811. The highest BCUT2D eigenvalue weighted by Crippen LogP contribution is 2.18. The van der Waals surface area contributed by atoms with Gasteiger partial charge in [-0.2, -0.15) is 0 Å². The molecule has 1 N–H and O–H groups in total. The fourth-order valence-electron chi connectivity index (χ4n) is 1.14. The summed E-state index contributed by atoms with van der Waals surface area (Å²) >= 11 is 5.89. The van der Waals surface area contributed by atoms with E-state index in [1.54, 1.807) is 6.07 Å². The Morgan fingerprint density at radius 2 is 2.23 bits per heavy atom. The van der Waals surface area contributed by atoms with Gasteiger partial charge in [-0.25, -0.2) is 0 Å². The molecule has 0 fully saturated rings. The summed E-state index contributed by atoms with van der Waals surface area (Å²) < 4.78 is 0. The van der Waals surface area contributed by atoms with Crippen LogP contribution < -0.4 is 0 Å². The van der Waals surface area contributed by atoms with Gasteiger partial charge in [0.15, 0.2) is 0 Å². The van der Waals surface area contributed by atoms with Crippen molar-refractivity contribution in [2.24, 2.45) is 0 Å². The van der Waals surface area contributed by atoms with Crippen molar-refractivity contribution >= 4 is 17.6 Å². The van der Waals surface area contributed by atoms with Gasteiger partial charge in [-0.15, -0.1) is 0 Å². The average molecular weight is 199 g/mol. The van der Waals surface area contributed by atoms with Crippen molar-refractivity contribution in [3.8, 4) is 0 Å². The SMILES string of the molecule is Cc1ccc(Cl)c(CCC(=O)O)c1. The average Bonchev–Trinajstić information content (AvgIpc) is 2.06. The summed E-state index contributed by atoms with van der Waals surface area (Å²) in [6, 6.07) is 5.63. The minimum Gasteiger partial charge on any atom is -0.481 e. The lowest BCUT2D eigenvalue weighted by Gasteiger charge is -2.03. The van der Waals surface area contributed by atoms with E-state index in [1.807, 2.05) is 19.1 Å². The van der Waals surface area contributed by atoms with Gasteiger partial charge in [0.1, 0.15) is 0 Å². The first-order valence-electron chi connectivity index (χ1n) is 4.06. The molecule has 1 rings (SSSR count). The maximum atomic E-state index is 10.3. The highest BCUT2D eigenvalue weighted by molar-refractivity contribution is 6.31. The monoisotopic (exact) mass is 198 g/mol. The lowest BCUT2D eigenvalue weighted by molar-refractivity contribution is -0.136. The standard InChI is InChI=1S/C10H11ClO2/c1-7-2-4-9(11)8(6-7)3-5-10(12)13/h2,4,6H,3,5H2,1H3,(H,12,13). The Balaban J connectivity index is 2.75. The second-order valence-corrected chi connectivity index (χ2v) is 3.40. The van der Waals surface area contributed by atoms with Crippen molar-refractivity contribution in [1.29, 1.82) is 0 Å². The van der Waals surface area contributed by atoms with Gasteiger partial charge in [-0.1, -0.05) is 29.3 Å². The van der Waals surface area contributed by atoms with Crippen LogP contribution in [0.3, 0.4) is 0 Å². The van der Waals surface area contributed by atoms with E-state index < -0.39 is 5.97 Å². The van der Waals surface area contributed by atoms with Crippen molar-refractivity contribution in [3.63, 3.8) is 0 Å². The summed E-state index contributed by atoms with van der Waals surface area (Å²) in [4.78, 5) is 10.3. The van der Waals surface area contributed by atoms with Gasteiger partial charge < -0.3 is 5.11 Å². The Labute approximate surface area is 82.2 Å². The molecule has 0 radical (unpaired) electrons. The van der Waals surface area contributed by atoms with Crippen LogP contribution in [-0.4, -0.2) is 11.1 Å². The highest BCUT2D eigenvalue weighted by atomic mass is 35.5. The molecule has 0 saturated heterocycles. The number of carboxylic acids is 1. The Hall–Kier alpha value is -1.02. The second-order valence-electron chi connectivity index (χ2n) is 2.99. The lowest BCUT2D eigenvalue weighted by Crippen LogP contribution is -1.98. The Morgan fingerprint density at radius 1 is 1.54 bits per heavy atom. The zero-order valence-electron chi connectivity index (χ0n) is 7.38. The van der Waals surface area contributed by atoms with Crippen molar-refractivity contribution in [3.05, 3.63) is 34.3 Å². The number of rotatable bonds is 3. The number of benzene rings is 1. The van der Waals surface area contributed by atoms with Gasteiger partial charge in [-0.05, 0) is 25.0 Å². The predicted molar refractivity (Wildman–Crippen MR) is 52.1 cm³/mol. The Bertz CT molecular complexity index is 321. The molecule has 0 saturated carbocycles. The molecule has 0 spiro atoms. The normalized spacial score (nSPS) is 10.0. The maximum absolute atomic E-state index is 10.3. The molecule has 0 unspecified atom stereocenters. The first kappa shape index (κ1) is 10.1. The molecule has 13 heavy (non-hydrogen) atoms. The minimum atomic E-state index is -0.794. The zero-order valence-corrected chi connectivity index (χ0v) is 8.14. The largest absolute Gasteiger partial charge is 0.481 e. The molecule has 0 aliphatic heterocycles. The number of aliphatic carboxylic acids is 1. The second kappa shape index (κ2) is 4.28. The minimum absolute atomic E-state index is 0.128. The molecule has 0 atom stereocenters. The van der Waals surface area contributed by atoms with Gasteiger partial charge in [0.25, 0.3) is 0 Å². The van der Waals surface area contributed by atoms with Crippen LogP contribution >= 0.6 is 11.6 Å². The van der Waals surface area contributed by atoms with Crippen molar-refractivity contribution < 1.29 is 9.90 Å². The highest BCUT2D eigenvalue weighted by Gasteiger charge is 2.03. The van der Waals surface area contributed by atoms with Gasteiger partial charge in [0.2, 0.25) is 0 Å². The predicted octanol–water partition coefficient (Wildman–Crippen LogP) is 2.67. The van der Waals surface area contributed by atoms with Crippen LogP contribution in [-0.2, 0) is 11.2 Å². The van der Waals surface area contributed by atoms with Gasteiger partial charge in [0, 0.05) is 11.4 Å². The third kappa shape index (κ3) is 3.07. The third-order valence-electron chi connectivity index (χ3n) is 1.81. The van der Waals surface area contributed by atoms with E-state index in [0.29, 0.717) is 11.4 Å². The molecule has 0 heterocycles. The van der Waals surface area contributed by atoms with E-state index in [1.165, 1.54) is 0 Å². The summed E-state index contributed by atoms with van der Waals surface area (Å²) in [6.07, 6.45) is 0.624. The molecular formula is C10H11ClO2. The van der Waals surface area contributed by atoms with Crippen molar-refractivity contribution in [2.45, 2.75) is 19.8 Å². The molecule has 0 bridgehead atoms. The Morgan fingerprint density at radius 3 is 2.85 bits per heavy atom. The zero-order chi connectivity index (χ0) is 9.84. The van der Waals surface area contributed by atoms with Crippen LogP contribution in [0.1, 0.15) is 17.5 Å². The van der Waals surface area contributed by atoms with E-state index in [9.17, 15) is 4.79 Å². The van der Waals surface area contributed by atoms with Crippen LogP contribution in [0, 0.1) is 6.92 Å². The number of hydrogen-bond donors (Lipinski definition) is 1.